The lowest BCUT2D eigenvalue weighted by atomic mass is 9.89. The molecular formula is C28H47B2BrN4O8S4. The lowest BCUT2D eigenvalue weighted by Crippen LogP contribution is -2.41. The SMILES string of the molecule is CC1(C)OB(c2cnc(CBr)s2)OC1(C)C.CC1(C)OB(c2cnc(CN3CCS(=O)(=O)CC3)s2)OC1(C)C.O=S1(=O)CCNCC1. The van der Waals surface area contributed by atoms with Crippen LogP contribution in [0.25, 0.3) is 0 Å². The summed E-state index contributed by atoms with van der Waals surface area (Å²) in [6.45, 7) is 19.4. The predicted octanol–water partition coefficient (Wildman–Crippen LogP) is 2.01. The number of alkyl halides is 1. The van der Waals surface area contributed by atoms with Crippen molar-refractivity contribution in [2.24, 2.45) is 0 Å². The summed E-state index contributed by atoms with van der Waals surface area (Å²) in [5, 5.41) is 5.75. The molecule has 0 saturated carbocycles. The van der Waals surface area contributed by atoms with E-state index in [2.05, 4.69) is 63.8 Å². The highest BCUT2D eigenvalue weighted by atomic mass is 79.9. The minimum Gasteiger partial charge on any atom is -0.399 e. The Morgan fingerprint density at radius 1 is 0.723 bits per heavy atom. The Morgan fingerprint density at radius 3 is 1.47 bits per heavy atom. The largest absolute Gasteiger partial charge is 0.507 e. The molecule has 19 heteroatoms. The maximum Gasteiger partial charge on any atom is 0.507 e. The van der Waals surface area contributed by atoms with E-state index in [0.717, 1.165) is 24.9 Å². The van der Waals surface area contributed by atoms with Gasteiger partial charge in [-0.1, -0.05) is 15.9 Å². The van der Waals surface area contributed by atoms with Crippen LogP contribution in [0.2, 0.25) is 0 Å². The second-order valence-corrected chi connectivity index (χ2v) is 21.4. The van der Waals surface area contributed by atoms with Gasteiger partial charge in [0.2, 0.25) is 0 Å². The summed E-state index contributed by atoms with van der Waals surface area (Å²) in [6, 6.07) is 0. The minimum atomic E-state index is -2.84. The zero-order chi connectivity index (χ0) is 34.9. The molecule has 2 aromatic heterocycles. The van der Waals surface area contributed by atoms with Crippen molar-refractivity contribution in [1.82, 2.24) is 20.2 Å². The first-order valence-corrected chi connectivity index (χ1v) is 22.0. The highest BCUT2D eigenvalue weighted by molar-refractivity contribution is 9.08. The molecule has 264 valence electrons. The van der Waals surface area contributed by atoms with Crippen LogP contribution in [0, 0.1) is 0 Å². The van der Waals surface area contributed by atoms with Gasteiger partial charge in [0.1, 0.15) is 10.0 Å². The number of sulfone groups is 2. The molecule has 0 aromatic carbocycles. The first-order valence-electron chi connectivity index (χ1n) is 15.6. The first kappa shape index (κ1) is 39.3. The molecule has 4 saturated heterocycles. The molecule has 12 nitrogen and oxygen atoms in total. The average Bonchev–Trinajstić information content (AvgIpc) is 3.71. The molecule has 0 spiro atoms. The quantitative estimate of drug-likeness (QED) is 0.349. The average molecular weight is 798 g/mol. The molecule has 0 bridgehead atoms. The molecule has 4 fully saturated rings. The van der Waals surface area contributed by atoms with E-state index in [1.54, 1.807) is 22.7 Å². The van der Waals surface area contributed by atoms with Gasteiger partial charge in [-0.3, -0.25) is 4.90 Å². The number of hydrogen-bond donors (Lipinski definition) is 1. The fourth-order valence-electron chi connectivity index (χ4n) is 4.70. The van der Waals surface area contributed by atoms with Crippen molar-refractivity contribution in [3.8, 4) is 0 Å². The van der Waals surface area contributed by atoms with Crippen LogP contribution in [0.4, 0.5) is 0 Å². The highest BCUT2D eigenvalue weighted by Gasteiger charge is 2.53. The summed E-state index contributed by atoms with van der Waals surface area (Å²) in [5.41, 5.74) is -1.28. The number of halogens is 1. The Bertz CT molecular complexity index is 1530. The summed E-state index contributed by atoms with van der Waals surface area (Å²) < 4.78 is 70.1. The second-order valence-electron chi connectivity index (χ2n) is 14.0. The number of nitrogens with one attached hydrogen (secondary N) is 1. The van der Waals surface area contributed by atoms with Crippen molar-refractivity contribution in [3.05, 3.63) is 22.4 Å². The summed E-state index contributed by atoms with van der Waals surface area (Å²) >= 11 is 6.59. The molecule has 0 atom stereocenters. The Kier molecular flexibility index (Phi) is 12.6. The normalized spacial score (nSPS) is 25.4. The van der Waals surface area contributed by atoms with E-state index in [1.807, 2.05) is 40.1 Å². The van der Waals surface area contributed by atoms with Gasteiger partial charge in [-0.15, -0.1) is 22.7 Å². The van der Waals surface area contributed by atoms with E-state index < -0.39 is 19.7 Å². The van der Waals surface area contributed by atoms with Crippen molar-refractivity contribution in [2.75, 3.05) is 49.2 Å². The van der Waals surface area contributed by atoms with Crippen LogP contribution in [0.3, 0.4) is 0 Å². The van der Waals surface area contributed by atoms with Crippen molar-refractivity contribution in [3.63, 3.8) is 0 Å². The van der Waals surface area contributed by atoms with Crippen molar-refractivity contribution < 1.29 is 35.5 Å². The number of hydrogen-bond acceptors (Lipinski definition) is 14. The topological polar surface area (TPSA) is 146 Å². The molecule has 47 heavy (non-hydrogen) atoms. The van der Waals surface area contributed by atoms with Gasteiger partial charge in [0.25, 0.3) is 0 Å². The first-order chi connectivity index (χ1) is 21.6. The van der Waals surface area contributed by atoms with E-state index in [4.69, 9.17) is 18.6 Å². The fourth-order valence-corrected chi connectivity index (χ4v) is 9.23. The van der Waals surface area contributed by atoms with Crippen LogP contribution in [-0.4, -0.2) is 118 Å². The third kappa shape index (κ3) is 10.3. The summed E-state index contributed by atoms with van der Waals surface area (Å²) in [4.78, 5) is 10.9. The molecule has 6 rings (SSSR count). The van der Waals surface area contributed by atoms with Gasteiger partial charge < -0.3 is 23.9 Å². The zero-order valence-electron chi connectivity index (χ0n) is 28.5. The molecule has 6 heterocycles. The van der Waals surface area contributed by atoms with Crippen molar-refractivity contribution >= 4 is 82.1 Å². The lowest BCUT2D eigenvalue weighted by molar-refractivity contribution is 0.00578. The van der Waals surface area contributed by atoms with Gasteiger partial charge >= 0.3 is 14.2 Å². The Balaban J connectivity index is 0.000000180. The molecule has 4 aliphatic rings. The summed E-state index contributed by atoms with van der Waals surface area (Å²) in [5.74, 6) is 1.10. The summed E-state index contributed by atoms with van der Waals surface area (Å²) in [7, 11) is -6.15. The molecule has 0 amide bonds. The molecule has 0 radical (unpaired) electrons. The molecule has 0 unspecified atom stereocenters. The standard InChI is InChI=1S/C14H23BN2O4S2.C10H15BBrNO2S.C4H9NO2S/c1-13(2)14(3,4)21-15(20-13)11-9-16-12(22-11)10-17-5-7-23(18,19)8-6-17;1-9(2)10(3,4)15-11(14-9)7-6-13-8(5-12)16-7;6-8(7)3-1-5-2-4-8/h9H,5-8,10H2,1-4H3;6H,5H2,1-4H3;5H,1-4H2. The van der Waals surface area contributed by atoms with Crippen molar-refractivity contribution in [2.45, 2.75) is 89.7 Å². The van der Waals surface area contributed by atoms with Crippen LogP contribution in [-0.2, 0) is 50.2 Å². The van der Waals surface area contributed by atoms with Crippen LogP contribution in [0.15, 0.2) is 12.4 Å². The van der Waals surface area contributed by atoms with Gasteiger partial charge in [-0.2, -0.15) is 0 Å². The van der Waals surface area contributed by atoms with Crippen LogP contribution < -0.4 is 14.9 Å². The zero-order valence-corrected chi connectivity index (χ0v) is 33.4. The maximum atomic E-state index is 11.5. The van der Waals surface area contributed by atoms with Crippen LogP contribution >= 0.6 is 38.6 Å². The second kappa shape index (κ2) is 15.0. The van der Waals surface area contributed by atoms with E-state index >= 15 is 0 Å². The van der Waals surface area contributed by atoms with E-state index in [1.165, 1.54) is 0 Å². The monoisotopic (exact) mass is 796 g/mol. The Hall–Kier alpha value is -0.470. The molecule has 0 aliphatic carbocycles. The molecule has 1 N–H and O–H groups in total. The van der Waals surface area contributed by atoms with Gasteiger partial charge in [-0.05, 0) is 55.4 Å². The number of rotatable bonds is 5. The highest BCUT2D eigenvalue weighted by Crippen LogP contribution is 2.38. The fraction of sp³-hybridized carbons (Fsp3) is 0.786. The van der Waals surface area contributed by atoms with E-state index in [-0.39, 0.29) is 48.1 Å². The van der Waals surface area contributed by atoms with Gasteiger partial charge in [0.15, 0.2) is 19.7 Å². The minimum absolute atomic E-state index is 0.239. The predicted molar refractivity (Wildman–Crippen MR) is 194 cm³/mol. The Labute approximate surface area is 297 Å². The third-order valence-electron chi connectivity index (χ3n) is 9.20. The van der Waals surface area contributed by atoms with Crippen LogP contribution in [0.1, 0.15) is 65.4 Å². The van der Waals surface area contributed by atoms with Gasteiger partial charge in [0.05, 0.1) is 66.8 Å². The summed E-state index contributed by atoms with van der Waals surface area (Å²) in [6.07, 6.45) is 3.65. The maximum absolute atomic E-state index is 11.5. The third-order valence-corrected chi connectivity index (χ3v) is 15.4. The molecule has 4 aliphatic heterocycles. The Morgan fingerprint density at radius 2 is 1.11 bits per heavy atom. The van der Waals surface area contributed by atoms with E-state index in [0.29, 0.717) is 44.2 Å². The van der Waals surface area contributed by atoms with Crippen molar-refractivity contribution in [1.29, 1.82) is 0 Å². The number of thiazole rings is 2. The van der Waals surface area contributed by atoms with Gasteiger partial charge in [-0.25, -0.2) is 26.8 Å². The number of nitrogens with zero attached hydrogens (tertiary/aromatic N) is 3. The van der Waals surface area contributed by atoms with Crippen LogP contribution in [0.5, 0.6) is 0 Å². The molecule has 2 aromatic rings. The molecular weight excluding hydrogens is 750 g/mol. The smallest absolute Gasteiger partial charge is 0.399 e. The number of aromatic nitrogens is 2. The lowest BCUT2D eigenvalue weighted by Gasteiger charge is -2.32. The van der Waals surface area contributed by atoms with Gasteiger partial charge in [0, 0.05) is 38.6 Å². The van der Waals surface area contributed by atoms with E-state index in [9.17, 15) is 16.8 Å².